The first-order valence-electron chi connectivity index (χ1n) is 28.3. The van der Waals surface area contributed by atoms with Crippen LogP contribution in [0.2, 0.25) is 0 Å². The molecule has 0 aliphatic carbocycles. The third-order valence-electron chi connectivity index (χ3n) is 13.3. The molecule has 1 heterocycles. The Morgan fingerprint density at radius 2 is 1.01 bits per heavy atom. The number of aliphatic hydroxyl groups excluding tert-OH is 5. The van der Waals surface area contributed by atoms with Gasteiger partial charge in [-0.15, -0.1) is 0 Å². The van der Waals surface area contributed by atoms with Gasteiger partial charge in [0.1, 0.15) is 24.4 Å². The number of hydrogen-bond donors (Lipinski definition) is 6. The highest BCUT2D eigenvalue weighted by Gasteiger charge is 2.47. The van der Waals surface area contributed by atoms with Crippen LogP contribution in [-0.4, -0.2) is 99.6 Å². The maximum Gasteiger partial charge on any atom is 0.306 e. The summed E-state index contributed by atoms with van der Waals surface area (Å²) in [6.07, 6.45) is 42.0. The van der Waals surface area contributed by atoms with Crippen LogP contribution in [0, 0.1) is 0 Å². The quantitative estimate of drug-likeness (QED) is 0.0196. The first kappa shape index (κ1) is 63.9. The van der Waals surface area contributed by atoms with Crippen molar-refractivity contribution in [3.63, 3.8) is 0 Å². The molecule has 11 heteroatoms. The van der Waals surface area contributed by atoms with Crippen molar-refractivity contribution < 1.29 is 49.3 Å². The van der Waals surface area contributed by atoms with E-state index in [4.69, 9.17) is 14.2 Å². The Kier molecular flexibility index (Phi) is 43.2. The third kappa shape index (κ3) is 34.2. The minimum absolute atomic E-state index is 0.0197. The molecule has 1 amide bonds. The van der Waals surface area contributed by atoms with E-state index in [0.29, 0.717) is 19.3 Å². The van der Waals surface area contributed by atoms with E-state index in [9.17, 15) is 35.1 Å². The molecule has 0 aromatic rings. The number of allylic oxidation sites excluding steroid dienone is 5. The molecular formula is C57H105NO10. The Morgan fingerprint density at radius 1 is 0.574 bits per heavy atom. The van der Waals surface area contributed by atoms with Gasteiger partial charge in [-0.1, -0.05) is 237 Å². The zero-order valence-electron chi connectivity index (χ0n) is 43.7. The van der Waals surface area contributed by atoms with Crippen LogP contribution in [0.25, 0.3) is 0 Å². The lowest BCUT2D eigenvalue weighted by atomic mass is 9.99. The summed E-state index contributed by atoms with van der Waals surface area (Å²) in [7, 11) is 0. The molecule has 1 aliphatic heterocycles. The first-order valence-corrected chi connectivity index (χ1v) is 28.3. The Morgan fingerprint density at radius 3 is 1.50 bits per heavy atom. The summed E-state index contributed by atoms with van der Waals surface area (Å²) in [6, 6.07) is -1.03. The van der Waals surface area contributed by atoms with Gasteiger partial charge in [0.25, 0.3) is 0 Å². The molecule has 0 spiro atoms. The van der Waals surface area contributed by atoms with Crippen molar-refractivity contribution in [2.45, 2.75) is 301 Å². The molecule has 11 nitrogen and oxygen atoms in total. The Hall–Kier alpha value is -2.12. The molecule has 0 bridgehead atoms. The number of carbonyl (C=O) groups excluding carboxylic acids is 2. The van der Waals surface area contributed by atoms with Crippen LogP contribution in [0.3, 0.4) is 0 Å². The smallest absolute Gasteiger partial charge is 0.306 e. The molecule has 6 N–H and O–H groups in total. The summed E-state index contributed by atoms with van der Waals surface area (Å²) >= 11 is 0. The fraction of sp³-hybridized carbons (Fsp3) is 0.860. The van der Waals surface area contributed by atoms with Gasteiger partial charge in [0, 0.05) is 6.42 Å². The van der Waals surface area contributed by atoms with Crippen LogP contribution in [0.4, 0.5) is 0 Å². The van der Waals surface area contributed by atoms with Gasteiger partial charge >= 0.3 is 5.97 Å². The average Bonchev–Trinajstić information content (AvgIpc) is 3.33. The van der Waals surface area contributed by atoms with Crippen molar-refractivity contribution >= 4 is 11.9 Å². The van der Waals surface area contributed by atoms with Crippen LogP contribution in [-0.2, 0) is 23.8 Å². The molecule has 68 heavy (non-hydrogen) atoms. The number of carbonyl (C=O) groups is 2. The number of ether oxygens (including phenoxy) is 3. The lowest BCUT2D eigenvalue weighted by Gasteiger charge is -2.41. The largest absolute Gasteiger partial charge is 0.454 e. The summed E-state index contributed by atoms with van der Waals surface area (Å²) in [4.78, 5) is 26.4. The van der Waals surface area contributed by atoms with Gasteiger partial charge < -0.3 is 45.1 Å². The highest BCUT2D eigenvalue weighted by atomic mass is 16.7. The molecular weight excluding hydrogens is 859 g/mol. The molecule has 0 aromatic carbocycles. The summed E-state index contributed by atoms with van der Waals surface area (Å²) in [6.45, 7) is 5.74. The van der Waals surface area contributed by atoms with Gasteiger partial charge in [0.05, 0.1) is 25.4 Å². The van der Waals surface area contributed by atoms with E-state index < -0.39 is 67.4 Å². The fourth-order valence-corrected chi connectivity index (χ4v) is 8.76. The summed E-state index contributed by atoms with van der Waals surface area (Å²) in [5, 5.41) is 56.7. The van der Waals surface area contributed by atoms with Crippen molar-refractivity contribution in [1.29, 1.82) is 0 Å². The monoisotopic (exact) mass is 964 g/mol. The predicted octanol–water partition coefficient (Wildman–Crippen LogP) is 12.3. The lowest BCUT2D eigenvalue weighted by Crippen LogP contribution is -2.61. The number of aliphatic hydroxyl groups is 5. The van der Waals surface area contributed by atoms with E-state index in [1.54, 1.807) is 6.08 Å². The minimum Gasteiger partial charge on any atom is -0.454 e. The van der Waals surface area contributed by atoms with E-state index in [-0.39, 0.29) is 13.0 Å². The zero-order valence-corrected chi connectivity index (χ0v) is 43.7. The Balaban J connectivity index is 2.77. The Labute approximate surface area is 415 Å². The number of amides is 1. The van der Waals surface area contributed by atoms with Crippen LogP contribution < -0.4 is 5.32 Å². The molecule has 0 aromatic heterocycles. The molecule has 1 rings (SSSR count). The lowest BCUT2D eigenvalue weighted by molar-refractivity contribution is -0.305. The second-order valence-electron chi connectivity index (χ2n) is 19.7. The van der Waals surface area contributed by atoms with Crippen molar-refractivity contribution in [2.24, 2.45) is 0 Å². The SMILES string of the molecule is CCCCCCCC/C=C\C/C=C/CCC(=O)OC1C(OCC(NC(=O)C(O)CCCCCCCCCCCCCCCC)C(O)/C=C/CCCCCCCCCCCC)OC(CO)C(O)C1O. The van der Waals surface area contributed by atoms with Gasteiger partial charge in [-0.25, -0.2) is 0 Å². The van der Waals surface area contributed by atoms with Gasteiger partial charge in [-0.3, -0.25) is 9.59 Å². The molecule has 1 fully saturated rings. The molecule has 0 saturated carbocycles. The second-order valence-corrected chi connectivity index (χ2v) is 19.7. The number of unbranched alkanes of at least 4 members (excludes halogenated alkanes) is 29. The van der Waals surface area contributed by atoms with Crippen molar-refractivity contribution in [3.8, 4) is 0 Å². The van der Waals surface area contributed by atoms with E-state index in [1.165, 1.54) is 154 Å². The summed E-state index contributed by atoms with van der Waals surface area (Å²) in [5.41, 5.74) is 0. The summed E-state index contributed by atoms with van der Waals surface area (Å²) in [5.74, 6) is -1.26. The predicted molar refractivity (Wildman–Crippen MR) is 278 cm³/mol. The molecule has 1 saturated heterocycles. The maximum absolute atomic E-state index is 13.4. The van der Waals surface area contributed by atoms with Crippen molar-refractivity contribution in [2.75, 3.05) is 13.2 Å². The highest BCUT2D eigenvalue weighted by Crippen LogP contribution is 2.26. The topological polar surface area (TPSA) is 175 Å². The number of esters is 1. The average molecular weight is 964 g/mol. The third-order valence-corrected chi connectivity index (χ3v) is 13.3. The first-order chi connectivity index (χ1) is 33.2. The van der Waals surface area contributed by atoms with Gasteiger partial charge in [-0.05, 0) is 44.9 Å². The normalized spacial score (nSPS) is 20.1. The zero-order chi connectivity index (χ0) is 49.7. The standard InChI is InChI=1S/C57H105NO10/c1-4-7-10-13-16-19-22-25-27-29-32-35-38-41-44-50(61)56(65)58-48(49(60)43-40-37-34-31-28-24-21-18-15-12-9-6-3)47-66-57-55(54(64)53(63)51(46-59)67-57)68-52(62)45-42-39-36-33-30-26-23-20-17-14-11-8-5-2/h26,30,36,39-40,43,48-51,53-55,57,59-61,63-64H,4-25,27-29,31-35,37-38,41-42,44-47H2,1-3H3,(H,58,65)/b30-26-,39-36+,43-40+. The van der Waals surface area contributed by atoms with E-state index in [1.807, 2.05) is 18.2 Å². The fourth-order valence-electron chi connectivity index (χ4n) is 8.76. The van der Waals surface area contributed by atoms with E-state index in [0.717, 1.165) is 51.4 Å². The number of nitrogens with one attached hydrogen (secondary N) is 1. The van der Waals surface area contributed by atoms with Crippen molar-refractivity contribution in [1.82, 2.24) is 5.32 Å². The van der Waals surface area contributed by atoms with Gasteiger partial charge in [-0.2, -0.15) is 0 Å². The van der Waals surface area contributed by atoms with E-state index >= 15 is 0 Å². The van der Waals surface area contributed by atoms with Crippen molar-refractivity contribution in [3.05, 3.63) is 36.5 Å². The molecule has 398 valence electrons. The highest BCUT2D eigenvalue weighted by molar-refractivity contribution is 5.80. The van der Waals surface area contributed by atoms with Gasteiger partial charge in [0.2, 0.25) is 5.91 Å². The maximum atomic E-state index is 13.4. The van der Waals surface area contributed by atoms with Crippen LogP contribution in [0.15, 0.2) is 36.5 Å². The minimum atomic E-state index is -1.63. The Bertz CT molecular complexity index is 1240. The molecule has 8 unspecified atom stereocenters. The number of hydrogen-bond acceptors (Lipinski definition) is 10. The molecule has 0 radical (unpaired) electrons. The van der Waals surface area contributed by atoms with Gasteiger partial charge in [0.15, 0.2) is 12.4 Å². The second kappa shape index (κ2) is 46.0. The van der Waals surface area contributed by atoms with Crippen LogP contribution in [0.5, 0.6) is 0 Å². The van der Waals surface area contributed by atoms with Crippen LogP contribution in [0.1, 0.15) is 252 Å². The van der Waals surface area contributed by atoms with E-state index in [2.05, 4.69) is 38.2 Å². The molecule has 1 aliphatic rings. The summed E-state index contributed by atoms with van der Waals surface area (Å²) < 4.78 is 17.5. The molecule has 8 atom stereocenters. The number of rotatable bonds is 47. The van der Waals surface area contributed by atoms with Crippen LogP contribution >= 0.6 is 0 Å².